The molecule has 4 nitrogen and oxygen atoms in total. The number of nitrogens with zero attached hydrogens (tertiary/aromatic N) is 1. The first kappa shape index (κ1) is 13.9. The van der Waals surface area contributed by atoms with Crippen molar-refractivity contribution in [2.75, 3.05) is 16.8 Å². The molecule has 1 amide bonds. The second kappa shape index (κ2) is 6.58. The minimum Gasteiger partial charge on any atom is -0.397 e. The molecule has 2 aromatic rings. The lowest BCUT2D eigenvalue weighted by molar-refractivity contribution is -0.115. The number of anilines is 2. The lowest BCUT2D eigenvalue weighted by atomic mass is 10.2. The average molecular weight is 293 g/mol. The summed E-state index contributed by atoms with van der Waals surface area (Å²) in [6.45, 7) is 1.96. The number of aromatic nitrogens is 1. The summed E-state index contributed by atoms with van der Waals surface area (Å²) in [6.07, 6.45) is 0.442. The van der Waals surface area contributed by atoms with E-state index in [0.717, 1.165) is 10.0 Å². The van der Waals surface area contributed by atoms with Crippen LogP contribution in [0.1, 0.15) is 12.1 Å². The van der Waals surface area contributed by atoms with Gasteiger partial charge in [0.05, 0.1) is 11.4 Å². The van der Waals surface area contributed by atoms with Crippen molar-refractivity contribution in [3.05, 3.63) is 35.3 Å². The molecule has 0 unspecified atom stereocenters. The molecule has 0 aliphatic rings. The van der Waals surface area contributed by atoms with Gasteiger partial charge in [0.15, 0.2) is 0 Å². The summed E-state index contributed by atoms with van der Waals surface area (Å²) in [6, 6.07) is 7.25. The molecular formula is C13H15N3OS2. The molecule has 1 aromatic carbocycles. The maximum Gasteiger partial charge on any atom is 0.225 e. The number of aryl methyl sites for hydroxylation is 1. The van der Waals surface area contributed by atoms with Crippen molar-refractivity contribution < 1.29 is 4.79 Å². The van der Waals surface area contributed by atoms with Gasteiger partial charge in [-0.3, -0.25) is 4.79 Å². The highest BCUT2D eigenvalue weighted by molar-refractivity contribution is 8.01. The van der Waals surface area contributed by atoms with Crippen LogP contribution < -0.4 is 11.1 Å². The van der Waals surface area contributed by atoms with Gasteiger partial charge in [0.1, 0.15) is 4.34 Å². The maximum absolute atomic E-state index is 11.8. The summed E-state index contributed by atoms with van der Waals surface area (Å²) in [5.74, 6) is 0.685. The van der Waals surface area contributed by atoms with Crippen molar-refractivity contribution in [3.8, 4) is 0 Å². The normalized spacial score (nSPS) is 10.4. The summed E-state index contributed by atoms with van der Waals surface area (Å²) >= 11 is 3.21. The maximum atomic E-state index is 11.8. The lowest BCUT2D eigenvalue weighted by Gasteiger charge is -2.07. The van der Waals surface area contributed by atoms with E-state index in [1.807, 2.05) is 24.4 Å². The number of hydrogen-bond acceptors (Lipinski definition) is 5. The highest BCUT2D eigenvalue weighted by Crippen LogP contribution is 2.23. The van der Waals surface area contributed by atoms with Crippen LogP contribution in [-0.2, 0) is 4.79 Å². The summed E-state index contributed by atoms with van der Waals surface area (Å²) in [5.41, 5.74) is 8.04. The fraction of sp³-hybridized carbons (Fsp3) is 0.231. The van der Waals surface area contributed by atoms with Gasteiger partial charge < -0.3 is 11.1 Å². The minimum atomic E-state index is -0.0290. The van der Waals surface area contributed by atoms with Crippen LogP contribution in [0.25, 0.3) is 0 Å². The largest absolute Gasteiger partial charge is 0.397 e. The number of nitrogens with two attached hydrogens (primary N) is 1. The molecule has 0 saturated heterocycles. The number of carbonyl (C=O) groups excluding carboxylic acids is 1. The Kier molecular flexibility index (Phi) is 4.81. The Balaban J connectivity index is 1.77. The average Bonchev–Trinajstić information content (AvgIpc) is 2.78. The molecule has 3 N–H and O–H groups in total. The predicted molar refractivity (Wildman–Crippen MR) is 81.7 cm³/mol. The SMILES string of the molecule is Cc1csc(SCCC(=O)Nc2ccccc2N)n1. The number of rotatable bonds is 5. The molecular weight excluding hydrogens is 278 g/mol. The zero-order valence-electron chi connectivity index (χ0n) is 10.6. The van der Waals surface area contributed by atoms with Crippen molar-refractivity contribution in [1.82, 2.24) is 4.98 Å². The van der Waals surface area contributed by atoms with Crippen molar-refractivity contribution in [2.45, 2.75) is 17.7 Å². The fourth-order valence-electron chi connectivity index (χ4n) is 1.45. The van der Waals surface area contributed by atoms with Gasteiger partial charge in [0.2, 0.25) is 5.91 Å². The number of carbonyl (C=O) groups is 1. The van der Waals surface area contributed by atoms with Gasteiger partial charge in [-0.15, -0.1) is 11.3 Å². The number of hydrogen-bond donors (Lipinski definition) is 2. The Morgan fingerprint density at radius 3 is 2.95 bits per heavy atom. The highest BCUT2D eigenvalue weighted by Gasteiger charge is 2.06. The van der Waals surface area contributed by atoms with Crippen LogP contribution >= 0.6 is 23.1 Å². The van der Waals surface area contributed by atoms with Gasteiger partial charge in [-0.2, -0.15) is 0 Å². The van der Waals surface area contributed by atoms with Gasteiger partial charge in [0, 0.05) is 23.2 Å². The third-order valence-corrected chi connectivity index (χ3v) is 4.53. The molecule has 19 heavy (non-hydrogen) atoms. The monoisotopic (exact) mass is 293 g/mol. The molecule has 6 heteroatoms. The fourth-order valence-corrected chi connectivity index (χ4v) is 3.31. The van der Waals surface area contributed by atoms with Crippen LogP contribution in [0.2, 0.25) is 0 Å². The van der Waals surface area contributed by atoms with Crippen molar-refractivity contribution >= 4 is 40.4 Å². The quantitative estimate of drug-likeness (QED) is 0.656. The molecule has 0 bridgehead atoms. The molecule has 0 atom stereocenters. The first-order chi connectivity index (χ1) is 9.15. The number of thioether (sulfide) groups is 1. The minimum absolute atomic E-state index is 0.0290. The second-order valence-corrected chi connectivity index (χ2v) is 6.19. The molecule has 100 valence electrons. The summed E-state index contributed by atoms with van der Waals surface area (Å²) < 4.78 is 1.00. The molecule has 0 spiro atoms. The third-order valence-electron chi connectivity index (χ3n) is 2.39. The van der Waals surface area contributed by atoms with E-state index >= 15 is 0 Å². The molecule has 0 radical (unpaired) electrons. The molecule has 1 aromatic heterocycles. The molecule has 2 rings (SSSR count). The third kappa shape index (κ3) is 4.25. The molecule has 1 heterocycles. The van der Waals surface area contributed by atoms with Crippen LogP contribution in [-0.4, -0.2) is 16.6 Å². The number of benzene rings is 1. The number of amides is 1. The van der Waals surface area contributed by atoms with Gasteiger partial charge in [-0.25, -0.2) is 4.98 Å². The lowest BCUT2D eigenvalue weighted by Crippen LogP contribution is -2.13. The van der Waals surface area contributed by atoms with Crippen molar-refractivity contribution in [3.63, 3.8) is 0 Å². The molecule has 0 aliphatic carbocycles. The molecule has 0 aliphatic heterocycles. The van der Waals surface area contributed by atoms with Gasteiger partial charge >= 0.3 is 0 Å². The first-order valence-corrected chi connectivity index (χ1v) is 7.71. The Morgan fingerprint density at radius 2 is 2.26 bits per heavy atom. The number of nitrogen functional groups attached to an aromatic ring is 1. The second-order valence-electron chi connectivity index (χ2n) is 3.99. The van der Waals surface area contributed by atoms with Crippen LogP contribution in [0.5, 0.6) is 0 Å². The Labute approximate surface area is 120 Å². The van der Waals surface area contributed by atoms with E-state index in [2.05, 4.69) is 10.3 Å². The van der Waals surface area contributed by atoms with Crippen LogP contribution in [0.4, 0.5) is 11.4 Å². The van der Waals surface area contributed by atoms with E-state index in [0.29, 0.717) is 23.5 Å². The first-order valence-electron chi connectivity index (χ1n) is 5.84. The molecule has 0 fully saturated rings. The Morgan fingerprint density at radius 1 is 1.47 bits per heavy atom. The topological polar surface area (TPSA) is 68.0 Å². The van der Waals surface area contributed by atoms with E-state index in [-0.39, 0.29) is 5.91 Å². The predicted octanol–water partition coefficient (Wildman–Crippen LogP) is 3.15. The zero-order valence-corrected chi connectivity index (χ0v) is 12.2. The number of thiazole rings is 1. The van der Waals surface area contributed by atoms with E-state index in [1.54, 1.807) is 35.2 Å². The van der Waals surface area contributed by atoms with Crippen molar-refractivity contribution in [1.29, 1.82) is 0 Å². The van der Waals surface area contributed by atoms with E-state index < -0.39 is 0 Å². The van der Waals surface area contributed by atoms with Crippen LogP contribution in [0.3, 0.4) is 0 Å². The summed E-state index contributed by atoms with van der Waals surface area (Å²) in [4.78, 5) is 16.1. The number of para-hydroxylation sites is 2. The Hall–Kier alpha value is -1.53. The number of nitrogens with one attached hydrogen (secondary N) is 1. The van der Waals surface area contributed by atoms with Crippen molar-refractivity contribution in [2.24, 2.45) is 0 Å². The molecule has 0 saturated carbocycles. The Bertz CT molecular complexity index is 569. The van der Waals surface area contributed by atoms with E-state index in [9.17, 15) is 4.79 Å². The van der Waals surface area contributed by atoms with Crippen LogP contribution in [0.15, 0.2) is 34.0 Å². The van der Waals surface area contributed by atoms with E-state index in [4.69, 9.17) is 5.73 Å². The summed E-state index contributed by atoms with van der Waals surface area (Å²) in [5, 5.41) is 4.81. The van der Waals surface area contributed by atoms with Crippen LogP contribution in [0, 0.1) is 6.92 Å². The van der Waals surface area contributed by atoms with E-state index in [1.165, 1.54) is 0 Å². The van der Waals surface area contributed by atoms with Gasteiger partial charge in [-0.1, -0.05) is 23.9 Å². The highest BCUT2D eigenvalue weighted by atomic mass is 32.2. The summed E-state index contributed by atoms with van der Waals surface area (Å²) in [7, 11) is 0. The standard InChI is InChI=1S/C13H15N3OS2/c1-9-8-19-13(15-9)18-7-6-12(17)16-11-5-3-2-4-10(11)14/h2-5,8H,6-7,14H2,1H3,(H,16,17). The smallest absolute Gasteiger partial charge is 0.225 e. The zero-order chi connectivity index (χ0) is 13.7. The van der Waals surface area contributed by atoms with Gasteiger partial charge in [-0.05, 0) is 19.1 Å². The van der Waals surface area contributed by atoms with Gasteiger partial charge in [0.25, 0.3) is 0 Å².